The number of hydrogen-bond donors (Lipinski definition) is 1. The van der Waals surface area contributed by atoms with Crippen molar-refractivity contribution >= 4 is 21.8 Å². The van der Waals surface area contributed by atoms with Crippen molar-refractivity contribution in [2.75, 3.05) is 6.61 Å². The van der Waals surface area contributed by atoms with Crippen LogP contribution in [0.2, 0.25) is 0 Å². The van der Waals surface area contributed by atoms with Crippen LogP contribution in [0.5, 0.6) is 0 Å². The van der Waals surface area contributed by atoms with Gasteiger partial charge in [-0.1, -0.05) is 12.1 Å². The van der Waals surface area contributed by atoms with Crippen molar-refractivity contribution in [3.8, 4) is 0 Å². The number of carbonyl (C=O) groups excluding carboxylic acids is 2. The van der Waals surface area contributed by atoms with Crippen molar-refractivity contribution in [1.29, 1.82) is 0 Å². The Morgan fingerprint density at radius 2 is 1.65 bits per heavy atom. The van der Waals surface area contributed by atoms with E-state index in [1.807, 2.05) is 0 Å². The molecular weight excluding hydrogens is 368 g/mol. The summed E-state index contributed by atoms with van der Waals surface area (Å²) in [5.41, 5.74) is 0.580. The van der Waals surface area contributed by atoms with Gasteiger partial charge < -0.3 is 4.74 Å². The number of Topliss-reactive ketones (excluding diaryl/α,β-unsaturated/α-hetero) is 1. The molecule has 0 atom stereocenters. The lowest BCUT2D eigenvalue weighted by molar-refractivity contribution is -0.142. The zero-order valence-electron chi connectivity index (χ0n) is 13.4. The van der Waals surface area contributed by atoms with Crippen LogP contribution in [0.1, 0.15) is 22.3 Å². The average molecular weight is 383 g/mol. The summed E-state index contributed by atoms with van der Waals surface area (Å²) in [5.74, 6) is -3.55. The van der Waals surface area contributed by atoms with Gasteiger partial charge in [0.15, 0.2) is 24.0 Å². The van der Waals surface area contributed by atoms with Gasteiger partial charge in [-0.3, -0.25) is 9.59 Å². The van der Waals surface area contributed by atoms with Gasteiger partial charge in [0.05, 0.1) is 4.90 Å². The van der Waals surface area contributed by atoms with Gasteiger partial charge in [-0.05, 0) is 42.3 Å². The SMILES string of the molecule is NS(=O)(=O)c1ccc(CCC(=O)OCC(=O)c2ccc(F)c(F)c2)cc1. The van der Waals surface area contributed by atoms with Crippen molar-refractivity contribution in [2.45, 2.75) is 17.7 Å². The zero-order chi connectivity index (χ0) is 19.3. The van der Waals surface area contributed by atoms with Gasteiger partial charge in [-0.25, -0.2) is 22.3 Å². The Morgan fingerprint density at radius 3 is 2.23 bits per heavy atom. The minimum absolute atomic E-state index is 0.0408. The molecule has 0 heterocycles. The van der Waals surface area contributed by atoms with Gasteiger partial charge in [-0.2, -0.15) is 0 Å². The van der Waals surface area contributed by atoms with Crippen molar-refractivity contribution in [3.05, 3.63) is 65.2 Å². The smallest absolute Gasteiger partial charge is 0.306 e. The molecule has 0 fully saturated rings. The van der Waals surface area contributed by atoms with Gasteiger partial charge in [0.1, 0.15) is 0 Å². The first-order valence-electron chi connectivity index (χ1n) is 7.42. The minimum Gasteiger partial charge on any atom is -0.457 e. The van der Waals surface area contributed by atoms with Crippen molar-refractivity contribution in [3.63, 3.8) is 0 Å². The van der Waals surface area contributed by atoms with Gasteiger partial charge in [0.25, 0.3) is 0 Å². The number of benzene rings is 2. The lowest BCUT2D eigenvalue weighted by Gasteiger charge is -2.06. The number of carbonyl (C=O) groups is 2. The first kappa shape index (κ1) is 19.7. The Bertz CT molecular complexity index is 927. The first-order chi connectivity index (χ1) is 12.2. The number of hydrogen-bond acceptors (Lipinski definition) is 5. The topological polar surface area (TPSA) is 104 Å². The predicted octanol–water partition coefficient (Wildman–Crippen LogP) is 1.97. The lowest BCUT2D eigenvalue weighted by atomic mass is 10.1. The van der Waals surface area contributed by atoms with E-state index in [4.69, 9.17) is 9.88 Å². The summed E-state index contributed by atoms with van der Waals surface area (Å²) >= 11 is 0. The summed E-state index contributed by atoms with van der Waals surface area (Å²) in [5, 5.41) is 4.98. The molecule has 2 aromatic carbocycles. The summed E-state index contributed by atoms with van der Waals surface area (Å²) in [6, 6.07) is 8.32. The summed E-state index contributed by atoms with van der Waals surface area (Å²) in [6.45, 7) is -0.589. The van der Waals surface area contributed by atoms with Gasteiger partial charge >= 0.3 is 5.97 Å². The summed E-state index contributed by atoms with van der Waals surface area (Å²) in [6.07, 6.45) is 0.225. The van der Waals surface area contributed by atoms with Crippen molar-refractivity contribution in [2.24, 2.45) is 5.14 Å². The van der Waals surface area contributed by atoms with Crippen LogP contribution in [0.3, 0.4) is 0 Å². The van der Waals surface area contributed by atoms with E-state index in [9.17, 15) is 26.8 Å². The quantitative estimate of drug-likeness (QED) is 0.582. The van der Waals surface area contributed by atoms with E-state index in [0.717, 1.165) is 18.2 Å². The summed E-state index contributed by atoms with van der Waals surface area (Å²) < 4.78 is 53.0. The van der Waals surface area contributed by atoms with Crippen LogP contribution in [0, 0.1) is 11.6 Å². The molecule has 0 spiro atoms. The van der Waals surface area contributed by atoms with Crippen LogP contribution in [0.15, 0.2) is 47.4 Å². The van der Waals surface area contributed by atoms with E-state index in [-0.39, 0.29) is 23.3 Å². The molecule has 0 aliphatic rings. The predicted molar refractivity (Wildman–Crippen MR) is 87.8 cm³/mol. The van der Waals surface area contributed by atoms with Crippen LogP contribution in [0.4, 0.5) is 8.78 Å². The van der Waals surface area contributed by atoms with E-state index in [2.05, 4.69) is 0 Å². The first-order valence-corrected chi connectivity index (χ1v) is 8.97. The summed E-state index contributed by atoms with van der Waals surface area (Å²) in [4.78, 5) is 23.4. The highest BCUT2D eigenvalue weighted by molar-refractivity contribution is 7.89. The number of esters is 1. The van der Waals surface area contributed by atoms with Gasteiger partial charge in [0.2, 0.25) is 10.0 Å². The van der Waals surface area contributed by atoms with E-state index in [0.29, 0.717) is 5.56 Å². The molecule has 0 unspecified atom stereocenters. The molecule has 26 heavy (non-hydrogen) atoms. The van der Waals surface area contributed by atoms with E-state index < -0.39 is 40.0 Å². The molecule has 0 bridgehead atoms. The number of ketones is 1. The van der Waals surface area contributed by atoms with Gasteiger partial charge in [-0.15, -0.1) is 0 Å². The molecule has 2 aromatic rings. The standard InChI is InChI=1S/C17H15F2NO5S/c18-14-7-4-12(9-15(14)19)16(21)10-25-17(22)8-3-11-1-5-13(6-2-11)26(20,23)24/h1-2,4-7,9H,3,8,10H2,(H2,20,23,24). The number of halogens is 2. The zero-order valence-corrected chi connectivity index (χ0v) is 14.3. The fourth-order valence-corrected chi connectivity index (χ4v) is 2.58. The molecule has 2 rings (SSSR count). The second-order valence-electron chi connectivity index (χ2n) is 5.40. The summed E-state index contributed by atoms with van der Waals surface area (Å²) in [7, 11) is -3.78. The van der Waals surface area contributed by atoms with Crippen LogP contribution in [-0.2, 0) is 26.0 Å². The minimum atomic E-state index is -3.78. The number of rotatable bonds is 7. The molecule has 2 N–H and O–H groups in total. The van der Waals surface area contributed by atoms with Crippen LogP contribution in [0.25, 0.3) is 0 Å². The van der Waals surface area contributed by atoms with E-state index in [1.165, 1.54) is 24.3 Å². The van der Waals surface area contributed by atoms with E-state index >= 15 is 0 Å². The highest BCUT2D eigenvalue weighted by Crippen LogP contribution is 2.12. The maximum absolute atomic E-state index is 13.1. The maximum atomic E-state index is 13.1. The molecule has 0 amide bonds. The molecule has 9 heteroatoms. The molecule has 0 aliphatic carbocycles. The Kier molecular flexibility index (Phi) is 6.17. The number of sulfonamides is 1. The molecule has 0 saturated carbocycles. The van der Waals surface area contributed by atoms with E-state index in [1.54, 1.807) is 0 Å². The third-order valence-electron chi connectivity index (χ3n) is 3.48. The number of nitrogens with two attached hydrogens (primary N) is 1. The van der Waals surface area contributed by atoms with Gasteiger partial charge in [0, 0.05) is 12.0 Å². The highest BCUT2D eigenvalue weighted by atomic mass is 32.2. The highest BCUT2D eigenvalue weighted by Gasteiger charge is 2.13. The average Bonchev–Trinajstić information content (AvgIpc) is 2.59. The number of primary sulfonamides is 1. The van der Waals surface area contributed by atoms with Crippen LogP contribution in [-0.4, -0.2) is 26.8 Å². The third kappa shape index (κ3) is 5.43. The molecular formula is C17H15F2NO5S. The van der Waals surface area contributed by atoms with Crippen LogP contribution >= 0.6 is 0 Å². The van der Waals surface area contributed by atoms with Crippen molar-refractivity contribution in [1.82, 2.24) is 0 Å². The Balaban J connectivity index is 1.83. The van der Waals surface area contributed by atoms with Crippen molar-refractivity contribution < 1.29 is 31.5 Å². The molecule has 0 saturated heterocycles. The molecule has 0 radical (unpaired) electrons. The number of aryl methyl sites for hydroxylation is 1. The Hall–Kier alpha value is -2.65. The Morgan fingerprint density at radius 1 is 1.00 bits per heavy atom. The fourth-order valence-electron chi connectivity index (χ4n) is 2.06. The normalized spacial score (nSPS) is 11.2. The second kappa shape index (κ2) is 8.15. The fraction of sp³-hybridized carbons (Fsp3) is 0.176. The largest absolute Gasteiger partial charge is 0.457 e. The molecule has 0 aliphatic heterocycles. The third-order valence-corrected chi connectivity index (χ3v) is 4.40. The maximum Gasteiger partial charge on any atom is 0.306 e. The monoisotopic (exact) mass is 383 g/mol. The molecule has 6 nitrogen and oxygen atoms in total. The second-order valence-corrected chi connectivity index (χ2v) is 6.96. The molecule has 0 aromatic heterocycles. The number of ether oxygens (including phenoxy) is 1. The lowest BCUT2D eigenvalue weighted by Crippen LogP contribution is -2.15. The molecule has 138 valence electrons. The van der Waals surface area contributed by atoms with Crippen LogP contribution < -0.4 is 5.14 Å². The Labute approximate surface area is 148 Å².